The summed E-state index contributed by atoms with van der Waals surface area (Å²) in [6.45, 7) is 2.45. The highest BCUT2D eigenvalue weighted by Crippen LogP contribution is 2.56. The van der Waals surface area contributed by atoms with E-state index in [0.29, 0.717) is 17.2 Å². The Kier molecular flexibility index (Phi) is 5.85. The van der Waals surface area contributed by atoms with Crippen molar-refractivity contribution in [2.24, 2.45) is 5.92 Å². The Labute approximate surface area is 179 Å². The van der Waals surface area contributed by atoms with Crippen LogP contribution in [0.3, 0.4) is 0 Å². The summed E-state index contributed by atoms with van der Waals surface area (Å²) in [7, 11) is 0. The third-order valence-electron chi connectivity index (χ3n) is 7.69. The van der Waals surface area contributed by atoms with Crippen LogP contribution in [0, 0.1) is 5.92 Å². The van der Waals surface area contributed by atoms with Crippen LogP contribution in [0.4, 0.5) is 0 Å². The van der Waals surface area contributed by atoms with Crippen molar-refractivity contribution in [3.63, 3.8) is 0 Å². The largest absolute Gasteiger partial charge is 0.508 e. The molecule has 1 saturated carbocycles. The number of hydrogen-bond donors (Lipinski definition) is 1. The number of piperidine rings is 1. The summed E-state index contributed by atoms with van der Waals surface area (Å²) in [6, 6.07) is 17.8. The molecule has 1 aliphatic heterocycles. The summed E-state index contributed by atoms with van der Waals surface area (Å²) in [5, 5.41) is 10.1. The first-order valence-electron chi connectivity index (χ1n) is 10.9. The van der Waals surface area contributed by atoms with E-state index in [1.54, 1.807) is 0 Å². The molecule has 2 aliphatic carbocycles. The van der Waals surface area contributed by atoms with Crippen LogP contribution in [0.1, 0.15) is 55.2 Å². The molecule has 0 amide bonds. The van der Waals surface area contributed by atoms with Gasteiger partial charge >= 0.3 is 0 Å². The maximum absolute atomic E-state index is 10.1. The Balaban J connectivity index is 0.00000192. The highest BCUT2D eigenvalue weighted by molar-refractivity contribution is 8.93. The number of halogens is 1. The third-order valence-corrected chi connectivity index (χ3v) is 7.69. The molecule has 0 spiro atoms. The van der Waals surface area contributed by atoms with Crippen LogP contribution in [-0.2, 0) is 18.3 Å². The van der Waals surface area contributed by atoms with Crippen molar-refractivity contribution < 1.29 is 5.11 Å². The molecule has 2 bridgehead atoms. The smallest absolute Gasteiger partial charge is 0.115 e. The van der Waals surface area contributed by atoms with Gasteiger partial charge in [-0.25, -0.2) is 0 Å². The third kappa shape index (κ3) is 3.41. The van der Waals surface area contributed by atoms with E-state index in [1.165, 1.54) is 81.1 Å². The molecule has 2 nitrogen and oxygen atoms in total. The topological polar surface area (TPSA) is 23.5 Å². The van der Waals surface area contributed by atoms with Crippen molar-refractivity contribution in [3.05, 3.63) is 65.2 Å². The Morgan fingerprint density at radius 1 is 1.04 bits per heavy atom. The van der Waals surface area contributed by atoms with Crippen LogP contribution in [0.25, 0.3) is 0 Å². The monoisotopic (exact) mass is 441 g/mol. The average Bonchev–Trinajstić information content (AvgIpc) is 2.71. The lowest BCUT2D eigenvalue weighted by atomic mass is 9.52. The zero-order valence-corrected chi connectivity index (χ0v) is 18.4. The minimum absolute atomic E-state index is 0. The van der Waals surface area contributed by atoms with E-state index in [4.69, 9.17) is 0 Å². The maximum Gasteiger partial charge on any atom is 0.115 e. The van der Waals surface area contributed by atoms with E-state index >= 15 is 0 Å². The van der Waals surface area contributed by atoms with Crippen molar-refractivity contribution in [1.29, 1.82) is 0 Å². The van der Waals surface area contributed by atoms with Gasteiger partial charge in [0.15, 0.2) is 0 Å². The first-order chi connectivity index (χ1) is 13.3. The molecular formula is C25H32BrNO. The van der Waals surface area contributed by atoms with E-state index in [1.807, 2.05) is 6.07 Å². The number of fused-ring (bicyclic) bond motifs is 1. The van der Waals surface area contributed by atoms with Gasteiger partial charge in [-0.05, 0) is 86.4 Å². The van der Waals surface area contributed by atoms with Gasteiger partial charge in [-0.15, -0.1) is 17.0 Å². The number of nitrogens with zero attached hydrogens (tertiary/aromatic N) is 1. The molecule has 0 unspecified atom stereocenters. The van der Waals surface area contributed by atoms with Gasteiger partial charge in [-0.2, -0.15) is 0 Å². The van der Waals surface area contributed by atoms with Gasteiger partial charge in [0.1, 0.15) is 5.75 Å². The second-order valence-electron chi connectivity index (χ2n) is 9.00. The van der Waals surface area contributed by atoms with Crippen LogP contribution in [0.15, 0.2) is 48.5 Å². The fourth-order valence-electron chi connectivity index (χ4n) is 6.48. The highest BCUT2D eigenvalue weighted by Gasteiger charge is 2.53. The van der Waals surface area contributed by atoms with Crippen LogP contribution in [0.2, 0.25) is 0 Å². The van der Waals surface area contributed by atoms with E-state index < -0.39 is 0 Å². The Hall–Kier alpha value is -1.32. The number of phenolic OH excluding ortho intramolecular Hbond substituents is 1. The predicted molar refractivity (Wildman–Crippen MR) is 121 cm³/mol. The molecule has 150 valence electrons. The number of benzene rings is 2. The zero-order chi connectivity index (χ0) is 18.3. The number of rotatable bonds is 4. The van der Waals surface area contributed by atoms with Gasteiger partial charge in [0.2, 0.25) is 0 Å². The van der Waals surface area contributed by atoms with Crippen LogP contribution >= 0.6 is 17.0 Å². The number of likely N-dealkylation sites (tertiary alicyclic amines) is 1. The highest BCUT2D eigenvalue weighted by atomic mass is 79.9. The van der Waals surface area contributed by atoms with Gasteiger partial charge < -0.3 is 5.11 Å². The Morgan fingerprint density at radius 2 is 1.89 bits per heavy atom. The van der Waals surface area contributed by atoms with Crippen molar-refractivity contribution in [1.82, 2.24) is 4.90 Å². The molecular weight excluding hydrogens is 410 g/mol. The first kappa shape index (κ1) is 20.0. The van der Waals surface area contributed by atoms with Crippen LogP contribution < -0.4 is 0 Å². The van der Waals surface area contributed by atoms with Gasteiger partial charge in [0.25, 0.3) is 0 Å². The maximum atomic E-state index is 10.1. The summed E-state index contributed by atoms with van der Waals surface area (Å²) in [4.78, 5) is 2.81. The van der Waals surface area contributed by atoms with Crippen LogP contribution in [-0.4, -0.2) is 29.1 Å². The molecule has 1 N–H and O–H groups in total. The molecule has 5 rings (SSSR count). The molecule has 2 aromatic carbocycles. The standard InChI is InChI=1S/C25H31NO.BrH/c27-21-12-11-20-17-24-22-10-4-5-13-25(22,23(20)18-21)14-16-26(24)15-6-9-19-7-2-1-3-8-19;/h1-3,7-8,11-12,18,22,24,27H,4-6,9-10,13-17H2;1H/t22-,24-,25-;/m0./s1. The Morgan fingerprint density at radius 3 is 2.75 bits per heavy atom. The summed E-state index contributed by atoms with van der Waals surface area (Å²) < 4.78 is 0. The van der Waals surface area contributed by atoms with Crippen molar-refractivity contribution in [2.75, 3.05) is 13.1 Å². The number of phenols is 1. The molecule has 0 radical (unpaired) electrons. The van der Waals surface area contributed by atoms with E-state index in [-0.39, 0.29) is 17.0 Å². The molecule has 1 saturated heterocycles. The Bertz CT molecular complexity index is 807. The summed E-state index contributed by atoms with van der Waals surface area (Å²) >= 11 is 0. The minimum Gasteiger partial charge on any atom is -0.508 e. The quantitative estimate of drug-likeness (QED) is 0.661. The van der Waals surface area contributed by atoms with Crippen LogP contribution in [0.5, 0.6) is 5.75 Å². The average molecular weight is 442 g/mol. The SMILES string of the molecule is Br.Oc1ccc2c(c1)[C@]13CCCC[C@H]1[C@H](C2)N(CCCc1ccccc1)CC3. The molecule has 1 heterocycles. The minimum atomic E-state index is 0. The van der Waals surface area contributed by atoms with Gasteiger partial charge in [-0.1, -0.05) is 49.2 Å². The molecule has 3 aliphatic rings. The predicted octanol–water partition coefficient (Wildman–Crippen LogP) is 5.66. The number of aromatic hydroxyl groups is 1. The lowest BCUT2D eigenvalue weighted by Gasteiger charge is -2.59. The molecule has 3 atom stereocenters. The normalized spacial score (nSPS) is 28.7. The summed E-state index contributed by atoms with van der Waals surface area (Å²) in [5.41, 5.74) is 4.80. The van der Waals surface area contributed by atoms with Crippen molar-refractivity contribution in [3.8, 4) is 5.75 Å². The molecule has 0 aromatic heterocycles. The van der Waals surface area contributed by atoms with Gasteiger partial charge in [0.05, 0.1) is 0 Å². The summed E-state index contributed by atoms with van der Waals surface area (Å²) in [6.07, 6.45) is 10.3. The molecule has 2 fully saturated rings. The fourth-order valence-corrected chi connectivity index (χ4v) is 6.48. The lowest BCUT2D eigenvalue weighted by molar-refractivity contribution is -0.0116. The molecule has 28 heavy (non-hydrogen) atoms. The lowest BCUT2D eigenvalue weighted by Crippen LogP contribution is -2.61. The summed E-state index contributed by atoms with van der Waals surface area (Å²) in [5.74, 6) is 1.24. The fraction of sp³-hybridized carbons (Fsp3) is 0.520. The second kappa shape index (κ2) is 8.20. The van der Waals surface area contributed by atoms with Gasteiger partial charge in [0, 0.05) is 11.5 Å². The van der Waals surface area contributed by atoms with Crippen molar-refractivity contribution >= 4 is 17.0 Å². The molecule has 3 heteroatoms. The van der Waals surface area contributed by atoms with E-state index in [9.17, 15) is 5.11 Å². The number of aryl methyl sites for hydroxylation is 1. The second-order valence-corrected chi connectivity index (χ2v) is 9.00. The van der Waals surface area contributed by atoms with E-state index in [0.717, 1.165) is 5.92 Å². The number of hydrogen-bond acceptors (Lipinski definition) is 2. The van der Waals surface area contributed by atoms with E-state index in [2.05, 4.69) is 47.4 Å². The molecule has 2 aromatic rings. The zero-order valence-electron chi connectivity index (χ0n) is 16.6. The first-order valence-corrected chi connectivity index (χ1v) is 10.9. The van der Waals surface area contributed by atoms with Gasteiger partial charge in [-0.3, -0.25) is 4.90 Å². The van der Waals surface area contributed by atoms with Crippen molar-refractivity contribution in [2.45, 2.75) is 62.8 Å².